The van der Waals surface area contributed by atoms with Gasteiger partial charge in [0.2, 0.25) is 5.91 Å². The summed E-state index contributed by atoms with van der Waals surface area (Å²) < 4.78 is 1.11. The number of imide groups is 1. The Labute approximate surface area is 138 Å². The predicted octanol–water partition coefficient (Wildman–Crippen LogP) is 3.16. The maximum atomic E-state index is 12.5. The number of carbonyl (C=O) groups excluding carboxylic acids is 2. The van der Waals surface area contributed by atoms with Crippen LogP contribution in [0.4, 0.5) is 5.69 Å². The standard InChI is InChI=1S/C16H19IN2O2/c17-11-5-4-6-12(9-11)18-14-10-15(20)19(16(14)21)13-7-2-1-3-8-13/h4-6,9,13-14,18H,1-3,7-8,10H2. The molecule has 112 valence electrons. The minimum absolute atomic E-state index is 0.0185. The van der Waals surface area contributed by atoms with Crippen LogP contribution in [-0.2, 0) is 9.59 Å². The van der Waals surface area contributed by atoms with E-state index in [0.29, 0.717) is 0 Å². The fraction of sp³-hybridized carbons (Fsp3) is 0.500. The van der Waals surface area contributed by atoms with Gasteiger partial charge in [-0.25, -0.2) is 0 Å². The molecular weight excluding hydrogens is 379 g/mol. The van der Waals surface area contributed by atoms with Crippen molar-refractivity contribution in [3.8, 4) is 0 Å². The van der Waals surface area contributed by atoms with E-state index in [4.69, 9.17) is 0 Å². The average Bonchev–Trinajstić information content (AvgIpc) is 2.74. The number of anilines is 1. The lowest BCUT2D eigenvalue weighted by atomic mass is 9.94. The summed E-state index contributed by atoms with van der Waals surface area (Å²) in [5.41, 5.74) is 0.901. The molecule has 0 spiro atoms. The van der Waals surface area contributed by atoms with Crippen LogP contribution in [0, 0.1) is 3.57 Å². The maximum Gasteiger partial charge on any atom is 0.252 e. The van der Waals surface area contributed by atoms with Crippen LogP contribution in [0.3, 0.4) is 0 Å². The van der Waals surface area contributed by atoms with Crippen LogP contribution >= 0.6 is 22.6 Å². The second-order valence-electron chi connectivity index (χ2n) is 5.81. The number of halogens is 1. The van der Waals surface area contributed by atoms with Crippen molar-refractivity contribution in [2.75, 3.05) is 5.32 Å². The number of nitrogens with zero attached hydrogens (tertiary/aromatic N) is 1. The Kier molecular flexibility index (Phi) is 4.47. The maximum absolute atomic E-state index is 12.5. The van der Waals surface area contributed by atoms with Crippen LogP contribution in [0.5, 0.6) is 0 Å². The van der Waals surface area contributed by atoms with Crippen LogP contribution in [0.2, 0.25) is 0 Å². The second kappa shape index (κ2) is 6.34. The Morgan fingerprint density at radius 2 is 1.90 bits per heavy atom. The van der Waals surface area contributed by atoms with Crippen LogP contribution in [0.1, 0.15) is 38.5 Å². The molecule has 2 amide bonds. The summed E-state index contributed by atoms with van der Waals surface area (Å²) in [6, 6.07) is 7.59. The zero-order chi connectivity index (χ0) is 14.8. The molecule has 1 aliphatic heterocycles. The molecule has 0 bridgehead atoms. The number of hydrogen-bond donors (Lipinski definition) is 1. The van der Waals surface area contributed by atoms with Gasteiger partial charge in [-0.05, 0) is 53.6 Å². The van der Waals surface area contributed by atoms with Crippen molar-refractivity contribution < 1.29 is 9.59 Å². The van der Waals surface area contributed by atoms with Gasteiger partial charge >= 0.3 is 0 Å². The van der Waals surface area contributed by atoms with Gasteiger partial charge < -0.3 is 5.32 Å². The van der Waals surface area contributed by atoms with Crippen LogP contribution < -0.4 is 5.32 Å². The highest BCUT2D eigenvalue weighted by Gasteiger charge is 2.42. The number of rotatable bonds is 3. The van der Waals surface area contributed by atoms with Gasteiger partial charge in [-0.3, -0.25) is 14.5 Å². The summed E-state index contributed by atoms with van der Waals surface area (Å²) in [4.78, 5) is 26.3. The molecule has 1 saturated heterocycles. The molecule has 1 N–H and O–H groups in total. The van der Waals surface area contributed by atoms with Crippen LogP contribution in [0.25, 0.3) is 0 Å². The minimum Gasteiger partial charge on any atom is -0.373 e. The van der Waals surface area contributed by atoms with Crippen LogP contribution in [-0.4, -0.2) is 28.8 Å². The first-order valence-electron chi connectivity index (χ1n) is 7.53. The topological polar surface area (TPSA) is 49.4 Å². The molecule has 1 unspecified atom stereocenters. The molecule has 0 aromatic heterocycles. The summed E-state index contributed by atoms with van der Waals surface area (Å²) in [5, 5.41) is 3.21. The molecule has 2 fully saturated rings. The van der Waals surface area contributed by atoms with Gasteiger partial charge in [-0.2, -0.15) is 0 Å². The summed E-state index contributed by atoms with van der Waals surface area (Å²) >= 11 is 2.24. The predicted molar refractivity (Wildman–Crippen MR) is 89.9 cm³/mol. The molecule has 3 rings (SSSR count). The smallest absolute Gasteiger partial charge is 0.252 e. The van der Waals surface area contributed by atoms with Gasteiger partial charge in [0, 0.05) is 15.3 Å². The number of likely N-dealkylation sites (tertiary alicyclic amines) is 1. The second-order valence-corrected chi connectivity index (χ2v) is 7.05. The SMILES string of the molecule is O=C1CC(Nc2cccc(I)c2)C(=O)N1C1CCCCC1. The van der Waals surface area contributed by atoms with Crippen molar-refractivity contribution in [3.63, 3.8) is 0 Å². The molecule has 1 atom stereocenters. The van der Waals surface area contributed by atoms with E-state index < -0.39 is 6.04 Å². The minimum atomic E-state index is -0.405. The number of amides is 2. The Morgan fingerprint density at radius 1 is 1.14 bits per heavy atom. The van der Waals surface area contributed by atoms with E-state index in [-0.39, 0.29) is 24.3 Å². The van der Waals surface area contributed by atoms with Gasteiger partial charge in [0.15, 0.2) is 0 Å². The lowest BCUT2D eigenvalue weighted by molar-refractivity contribution is -0.141. The molecule has 1 aromatic rings. The zero-order valence-electron chi connectivity index (χ0n) is 11.8. The highest BCUT2D eigenvalue weighted by Crippen LogP contribution is 2.28. The Balaban J connectivity index is 1.71. The number of hydrogen-bond acceptors (Lipinski definition) is 3. The zero-order valence-corrected chi connectivity index (χ0v) is 14.0. The first-order chi connectivity index (χ1) is 10.1. The van der Waals surface area contributed by atoms with E-state index in [1.54, 1.807) is 0 Å². The molecule has 1 aliphatic carbocycles. The summed E-state index contributed by atoms with van der Waals surface area (Å²) in [5.74, 6) is -0.0687. The Bertz CT molecular complexity index is 555. The van der Waals surface area contributed by atoms with Gasteiger partial charge in [0.05, 0.1) is 6.42 Å². The van der Waals surface area contributed by atoms with Gasteiger partial charge in [-0.1, -0.05) is 25.3 Å². The molecule has 1 heterocycles. The van der Waals surface area contributed by atoms with E-state index in [1.165, 1.54) is 11.3 Å². The first-order valence-corrected chi connectivity index (χ1v) is 8.61. The van der Waals surface area contributed by atoms with Crippen molar-refractivity contribution in [1.29, 1.82) is 0 Å². The van der Waals surface area contributed by atoms with Crippen LogP contribution in [0.15, 0.2) is 24.3 Å². The van der Waals surface area contributed by atoms with Crippen molar-refractivity contribution >= 4 is 40.1 Å². The van der Waals surface area contributed by atoms with E-state index in [1.807, 2.05) is 24.3 Å². The molecule has 5 heteroatoms. The Morgan fingerprint density at radius 3 is 2.62 bits per heavy atom. The molecular formula is C16H19IN2O2. The van der Waals surface area contributed by atoms with Gasteiger partial charge in [0.1, 0.15) is 6.04 Å². The normalized spacial score (nSPS) is 23.7. The molecule has 1 aromatic carbocycles. The quantitative estimate of drug-likeness (QED) is 0.629. The fourth-order valence-corrected chi connectivity index (χ4v) is 3.81. The molecule has 0 radical (unpaired) electrons. The summed E-state index contributed by atoms with van der Waals surface area (Å²) in [7, 11) is 0. The highest BCUT2D eigenvalue weighted by molar-refractivity contribution is 14.1. The largest absolute Gasteiger partial charge is 0.373 e. The Hall–Kier alpha value is -1.11. The number of carbonyl (C=O) groups is 2. The average molecular weight is 398 g/mol. The van der Waals surface area contributed by atoms with E-state index >= 15 is 0 Å². The van der Waals surface area contributed by atoms with Gasteiger partial charge in [-0.15, -0.1) is 0 Å². The third-order valence-corrected chi connectivity index (χ3v) is 4.96. The molecule has 21 heavy (non-hydrogen) atoms. The molecule has 1 saturated carbocycles. The van der Waals surface area contributed by atoms with Crippen molar-refractivity contribution in [3.05, 3.63) is 27.8 Å². The highest BCUT2D eigenvalue weighted by atomic mass is 127. The monoisotopic (exact) mass is 398 g/mol. The van der Waals surface area contributed by atoms with E-state index in [2.05, 4.69) is 27.9 Å². The molecule has 2 aliphatic rings. The third kappa shape index (κ3) is 3.22. The number of nitrogens with one attached hydrogen (secondary N) is 1. The number of benzene rings is 1. The third-order valence-electron chi connectivity index (χ3n) is 4.29. The van der Waals surface area contributed by atoms with Crippen molar-refractivity contribution in [1.82, 2.24) is 4.90 Å². The van der Waals surface area contributed by atoms with Crippen molar-refractivity contribution in [2.24, 2.45) is 0 Å². The summed E-state index contributed by atoms with van der Waals surface area (Å²) in [6.07, 6.45) is 5.67. The molecule has 4 nitrogen and oxygen atoms in total. The fourth-order valence-electron chi connectivity index (χ4n) is 3.27. The van der Waals surface area contributed by atoms with E-state index in [0.717, 1.165) is 34.9 Å². The van der Waals surface area contributed by atoms with Crippen molar-refractivity contribution in [2.45, 2.75) is 50.6 Å². The lowest BCUT2D eigenvalue weighted by Gasteiger charge is -2.29. The first kappa shape index (κ1) is 14.8. The lowest BCUT2D eigenvalue weighted by Crippen LogP contribution is -2.43. The van der Waals surface area contributed by atoms with Gasteiger partial charge in [0.25, 0.3) is 5.91 Å². The van der Waals surface area contributed by atoms with E-state index in [9.17, 15) is 9.59 Å². The summed E-state index contributed by atoms with van der Waals surface area (Å²) in [6.45, 7) is 0.